The fraction of sp³-hybridized carbons (Fsp3) is 0.479. The van der Waals surface area contributed by atoms with Gasteiger partial charge in [-0.1, -0.05) is 30.3 Å². The van der Waals surface area contributed by atoms with E-state index in [-0.39, 0.29) is 53.9 Å². The Hall–Kier alpha value is -6.29. The molecule has 336 valence electrons. The number of anilines is 4. The van der Waals surface area contributed by atoms with E-state index in [1.165, 1.54) is 5.56 Å². The van der Waals surface area contributed by atoms with Crippen molar-refractivity contribution in [1.82, 2.24) is 25.3 Å². The molecule has 4 saturated heterocycles. The van der Waals surface area contributed by atoms with Gasteiger partial charge in [-0.3, -0.25) is 14.9 Å². The fourth-order valence-corrected chi connectivity index (χ4v) is 10.9. The number of hydrogen-bond acceptors (Lipinski definition) is 13. The standard InChI is InChI=1S/C48H57N9O7/c1-53(31-14-12-30(13-15-31)37-9-5-10-40-45(37)63-23-22-56(40)41-16-17-44(59)50-47(41)60)48(61)54-20-18-35(19-21-54)64-36-7-4-6-32(24-36)57-33-26-55(27-34(57)29-62-28-33)42-25-39(51-52-46(42)49)38-8-2-3-11-43(38)58/h2-11,24-25,30-31,33-35,41,58H,12-23,26-29H2,1H3,(H2,49,52)(H,50,59,60)/t30?,31?,33-,34?,41+/m0/s1. The van der Waals surface area contributed by atoms with Gasteiger partial charge in [0.15, 0.2) is 5.82 Å². The van der Waals surface area contributed by atoms with Crippen LogP contribution in [0, 0.1) is 0 Å². The third-order valence-corrected chi connectivity index (χ3v) is 14.2. The first-order chi connectivity index (χ1) is 31.2. The van der Waals surface area contributed by atoms with E-state index in [4.69, 9.17) is 19.9 Å². The van der Waals surface area contributed by atoms with Crippen LogP contribution in [0.25, 0.3) is 11.3 Å². The molecule has 4 aromatic rings. The van der Waals surface area contributed by atoms with Crippen molar-refractivity contribution in [3.63, 3.8) is 0 Å². The van der Waals surface area contributed by atoms with E-state index in [2.05, 4.69) is 54.5 Å². The maximum Gasteiger partial charge on any atom is 0.319 e. The Balaban J connectivity index is 0.722. The Bertz CT molecular complexity index is 2370. The number of ether oxygens (including phenoxy) is 3. The quantitative estimate of drug-likeness (QED) is 0.198. The van der Waals surface area contributed by atoms with E-state index in [1.54, 1.807) is 12.1 Å². The summed E-state index contributed by atoms with van der Waals surface area (Å²) >= 11 is 0. The molecule has 2 bridgehead atoms. The van der Waals surface area contributed by atoms with Gasteiger partial charge in [0, 0.05) is 75.8 Å². The lowest BCUT2D eigenvalue weighted by atomic mass is 9.80. The lowest BCUT2D eigenvalue weighted by Crippen LogP contribution is -2.65. The Labute approximate surface area is 373 Å². The number of rotatable bonds is 8. The van der Waals surface area contributed by atoms with Crippen molar-refractivity contribution in [3.05, 3.63) is 78.4 Å². The summed E-state index contributed by atoms with van der Waals surface area (Å²) in [7, 11) is 1.95. The molecule has 0 spiro atoms. The second-order valence-corrected chi connectivity index (χ2v) is 18.1. The average Bonchev–Trinajstić information content (AvgIpc) is 3.31. The molecule has 3 aromatic carbocycles. The molecule has 5 fully saturated rings. The molecule has 64 heavy (non-hydrogen) atoms. The number of hydrogen-bond donors (Lipinski definition) is 3. The molecule has 1 aromatic heterocycles. The Morgan fingerprint density at radius 1 is 0.875 bits per heavy atom. The molecule has 1 aliphatic carbocycles. The van der Waals surface area contributed by atoms with Crippen LogP contribution in [0.1, 0.15) is 62.8 Å². The topological polar surface area (TPSA) is 179 Å². The number of morpholine rings is 1. The molecule has 1 unspecified atom stereocenters. The fourth-order valence-electron chi connectivity index (χ4n) is 10.9. The number of aromatic nitrogens is 2. The van der Waals surface area contributed by atoms with Crippen LogP contribution in [0.4, 0.5) is 27.7 Å². The van der Waals surface area contributed by atoms with Crippen LogP contribution in [-0.2, 0) is 14.3 Å². The van der Waals surface area contributed by atoms with Gasteiger partial charge in [0.05, 0.1) is 48.9 Å². The van der Waals surface area contributed by atoms with Crippen LogP contribution < -0.4 is 35.2 Å². The minimum atomic E-state index is -0.379. The van der Waals surface area contributed by atoms with Crippen molar-refractivity contribution >= 4 is 40.7 Å². The number of nitrogens with zero attached hydrogens (tertiary/aromatic N) is 7. The molecule has 16 heteroatoms. The van der Waals surface area contributed by atoms with Gasteiger partial charge in [0.25, 0.3) is 0 Å². The number of aromatic hydroxyl groups is 1. The van der Waals surface area contributed by atoms with Crippen molar-refractivity contribution in [2.75, 3.05) is 80.0 Å². The third-order valence-electron chi connectivity index (χ3n) is 14.2. The van der Waals surface area contributed by atoms with Crippen molar-refractivity contribution in [2.45, 2.75) is 87.6 Å². The van der Waals surface area contributed by atoms with Crippen LogP contribution in [0.2, 0.25) is 0 Å². The Morgan fingerprint density at radius 3 is 2.41 bits per heavy atom. The van der Waals surface area contributed by atoms with E-state index >= 15 is 0 Å². The van der Waals surface area contributed by atoms with Gasteiger partial charge in [-0.15, -0.1) is 10.2 Å². The predicted octanol–water partition coefficient (Wildman–Crippen LogP) is 5.15. The maximum atomic E-state index is 13.9. The molecule has 6 aliphatic rings. The molecule has 1 saturated carbocycles. The number of urea groups is 1. The van der Waals surface area contributed by atoms with Gasteiger partial charge in [-0.2, -0.15) is 0 Å². The summed E-state index contributed by atoms with van der Waals surface area (Å²) in [5.41, 5.74) is 11.5. The summed E-state index contributed by atoms with van der Waals surface area (Å²) in [6, 6.07) is 23.6. The Kier molecular flexibility index (Phi) is 11.5. The molecule has 4 amide bonds. The highest BCUT2D eigenvalue weighted by molar-refractivity contribution is 6.02. The molecule has 10 rings (SSSR count). The number of piperidine rings is 2. The number of piperazine rings is 1. The van der Waals surface area contributed by atoms with E-state index in [0.29, 0.717) is 88.4 Å². The number of nitrogens with one attached hydrogen (secondary N) is 1. The molecular weight excluding hydrogens is 815 g/mol. The number of carbonyl (C=O) groups excluding carboxylic acids is 3. The van der Waals surface area contributed by atoms with Gasteiger partial charge in [0.2, 0.25) is 11.8 Å². The van der Waals surface area contributed by atoms with Crippen LogP contribution in [0.5, 0.6) is 17.2 Å². The van der Waals surface area contributed by atoms with Crippen LogP contribution in [-0.4, -0.2) is 133 Å². The minimum Gasteiger partial charge on any atom is -0.507 e. The number of benzene rings is 3. The predicted molar refractivity (Wildman–Crippen MR) is 242 cm³/mol. The first-order valence-corrected chi connectivity index (χ1v) is 22.9. The lowest BCUT2D eigenvalue weighted by molar-refractivity contribution is -0.134. The van der Waals surface area contributed by atoms with E-state index in [1.807, 2.05) is 53.2 Å². The molecular formula is C48H57N9O7. The maximum absolute atomic E-state index is 13.9. The molecule has 0 radical (unpaired) electrons. The largest absolute Gasteiger partial charge is 0.507 e. The first kappa shape index (κ1) is 41.7. The zero-order valence-corrected chi connectivity index (χ0v) is 36.3. The number of phenolic OH excluding ortho intramolecular Hbond substituents is 1. The van der Waals surface area contributed by atoms with E-state index < -0.39 is 0 Å². The summed E-state index contributed by atoms with van der Waals surface area (Å²) in [5, 5.41) is 21.5. The molecule has 3 atom stereocenters. The number of nitrogens with two attached hydrogens (primary N) is 1. The normalized spacial score (nSPS) is 25.0. The highest BCUT2D eigenvalue weighted by Gasteiger charge is 2.40. The monoisotopic (exact) mass is 871 g/mol. The van der Waals surface area contributed by atoms with Crippen LogP contribution in [0.15, 0.2) is 72.8 Å². The van der Waals surface area contributed by atoms with Gasteiger partial charge in [-0.05, 0) is 80.0 Å². The minimum absolute atomic E-state index is 0.00469. The summed E-state index contributed by atoms with van der Waals surface area (Å²) in [4.78, 5) is 49.2. The van der Waals surface area contributed by atoms with Gasteiger partial charge >= 0.3 is 6.03 Å². The van der Waals surface area contributed by atoms with E-state index in [0.717, 1.165) is 67.1 Å². The highest BCUT2D eigenvalue weighted by Crippen LogP contribution is 2.45. The van der Waals surface area contributed by atoms with Gasteiger partial charge in [-0.25, -0.2) is 4.79 Å². The van der Waals surface area contributed by atoms with Crippen molar-refractivity contribution in [1.29, 1.82) is 0 Å². The summed E-state index contributed by atoms with van der Waals surface area (Å²) < 4.78 is 18.9. The van der Waals surface area contributed by atoms with Gasteiger partial charge < -0.3 is 49.6 Å². The number of nitrogen functional groups attached to an aromatic ring is 1. The van der Waals surface area contributed by atoms with Crippen LogP contribution >= 0.6 is 0 Å². The first-order valence-electron chi connectivity index (χ1n) is 22.9. The number of likely N-dealkylation sites (tertiary alicyclic amines) is 1. The molecule has 16 nitrogen and oxygen atoms in total. The number of amides is 4. The van der Waals surface area contributed by atoms with Crippen molar-refractivity contribution in [2.24, 2.45) is 0 Å². The van der Waals surface area contributed by atoms with Crippen molar-refractivity contribution in [3.8, 4) is 28.5 Å². The summed E-state index contributed by atoms with van der Waals surface area (Å²) in [6.07, 6.45) is 6.06. The SMILES string of the molecule is CN(C(=O)N1CCC(Oc2cccc(N3C4COC[C@@H]3CN(c3cc(-c5ccccc5O)nnc3N)C4)c2)CC1)C1CCC(c2cccc3c2OCCN3[C@@H]2CCC(=O)NC2=O)CC1. The van der Waals surface area contributed by atoms with Crippen LogP contribution in [0.3, 0.4) is 0 Å². The van der Waals surface area contributed by atoms with Crippen molar-refractivity contribution < 1.29 is 33.7 Å². The van der Waals surface area contributed by atoms with Gasteiger partial charge in [0.1, 0.15) is 36.0 Å². The third kappa shape index (κ3) is 8.19. The highest BCUT2D eigenvalue weighted by atomic mass is 16.5. The summed E-state index contributed by atoms with van der Waals surface area (Å²) in [6.45, 7) is 4.87. The lowest BCUT2D eigenvalue weighted by Gasteiger charge is -2.51. The molecule has 6 heterocycles. The smallest absolute Gasteiger partial charge is 0.319 e. The number of imide groups is 1. The number of para-hydroxylation sites is 2. The number of phenols is 1. The zero-order valence-electron chi connectivity index (χ0n) is 36.3. The van der Waals surface area contributed by atoms with E-state index in [9.17, 15) is 19.5 Å². The molecule has 5 aliphatic heterocycles. The second-order valence-electron chi connectivity index (χ2n) is 18.1. The second kappa shape index (κ2) is 17.7. The number of fused-ring (bicyclic) bond motifs is 3. The number of carbonyl (C=O) groups is 3. The zero-order chi connectivity index (χ0) is 43.9. The molecule has 4 N–H and O–H groups in total. The summed E-state index contributed by atoms with van der Waals surface area (Å²) in [5.74, 6) is 2.02. The Morgan fingerprint density at radius 2 is 1.64 bits per heavy atom. The average molecular weight is 872 g/mol.